The van der Waals surface area contributed by atoms with Crippen LogP contribution < -0.4 is 0 Å². The maximum Gasteiger partial charge on any atom is 0.164 e. The lowest BCUT2D eigenvalue weighted by Crippen LogP contribution is -2.24. The highest BCUT2D eigenvalue weighted by Crippen LogP contribution is 2.22. The van der Waals surface area contributed by atoms with Crippen molar-refractivity contribution in [2.24, 2.45) is 11.8 Å². The SMILES string of the molecule is CC1CN(CCC(=O)c2cccc(Cl)c2)CC1C. The number of Topliss-reactive ketones (excluding diaryl/α,β-unsaturated/α-hetero) is 1. The number of carbonyl (C=O) groups is 1. The molecule has 0 spiro atoms. The average Bonchev–Trinajstić information content (AvgIpc) is 2.66. The highest BCUT2D eigenvalue weighted by molar-refractivity contribution is 6.31. The Balaban J connectivity index is 1.86. The molecule has 2 unspecified atom stereocenters. The molecule has 1 heterocycles. The van der Waals surface area contributed by atoms with Crippen LogP contribution in [0.15, 0.2) is 24.3 Å². The molecule has 0 bridgehead atoms. The smallest absolute Gasteiger partial charge is 0.164 e. The zero-order valence-electron chi connectivity index (χ0n) is 11.0. The molecule has 1 aromatic carbocycles. The molecule has 1 saturated heterocycles. The molecule has 3 heteroatoms. The van der Waals surface area contributed by atoms with Crippen LogP contribution in [-0.4, -0.2) is 30.3 Å². The number of benzene rings is 1. The quantitative estimate of drug-likeness (QED) is 0.777. The number of rotatable bonds is 4. The van der Waals surface area contributed by atoms with E-state index in [1.807, 2.05) is 12.1 Å². The summed E-state index contributed by atoms with van der Waals surface area (Å²) in [6.07, 6.45) is 0.583. The molecular formula is C15H20ClNO. The molecular weight excluding hydrogens is 246 g/mol. The fourth-order valence-corrected chi connectivity index (χ4v) is 2.69. The number of hydrogen-bond acceptors (Lipinski definition) is 2. The molecule has 1 aromatic rings. The Morgan fingerprint density at radius 3 is 2.61 bits per heavy atom. The van der Waals surface area contributed by atoms with Crippen LogP contribution in [0.25, 0.3) is 0 Å². The van der Waals surface area contributed by atoms with Gasteiger partial charge in [-0.25, -0.2) is 0 Å². The Morgan fingerprint density at radius 2 is 2.00 bits per heavy atom. The molecule has 98 valence electrons. The molecule has 2 nitrogen and oxygen atoms in total. The number of ketones is 1. The zero-order valence-corrected chi connectivity index (χ0v) is 11.8. The van der Waals surface area contributed by atoms with Gasteiger partial charge in [-0.2, -0.15) is 0 Å². The summed E-state index contributed by atoms with van der Waals surface area (Å²) in [5.74, 6) is 1.67. The molecule has 18 heavy (non-hydrogen) atoms. The summed E-state index contributed by atoms with van der Waals surface area (Å²) >= 11 is 5.89. The second-order valence-electron chi connectivity index (χ2n) is 5.40. The van der Waals surface area contributed by atoms with Gasteiger partial charge >= 0.3 is 0 Å². The van der Waals surface area contributed by atoms with Gasteiger partial charge in [0.25, 0.3) is 0 Å². The molecule has 0 saturated carbocycles. The molecule has 0 radical (unpaired) electrons. The van der Waals surface area contributed by atoms with Crippen LogP contribution in [0.5, 0.6) is 0 Å². The summed E-state index contributed by atoms with van der Waals surface area (Å²) in [5.41, 5.74) is 0.725. The minimum absolute atomic E-state index is 0.185. The minimum atomic E-state index is 0.185. The summed E-state index contributed by atoms with van der Waals surface area (Å²) in [7, 11) is 0. The molecule has 2 rings (SSSR count). The molecule has 0 amide bonds. The third-order valence-electron chi connectivity index (χ3n) is 3.87. The number of nitrogens with zero attached hydrogens (tertiary/aromatic N) is 1. The van der Waals surface area contributed by atoms with Gasteiger partial charge in [-0.3, -0.25) is 4.79 Å². The summed E-state index contributed by atoms with van der Waals surface area (Å²) in [4.78, 5) is 14.4. The first-order valence-electron chi connectivity index (χ1n) is 6.57. The molecule has 0 aromatic heterocycles. The Hall–Kier alpha value is -0.860. The molecule has 1 fully saturated rings. The summed E-state index contributed by atoms with van der Waals surface area (Å²) < 4.78 is 0. The standard InChI is InChI=1S/C15H20ClNO/c1-11-9-17(10-12(11)2)7-6-15(18)13-4-3-5-14(16)8-13/h3-5,8,11-12H,6-7,9-10H2,1-2H3. The van der Waals surface area contributed by atoms with Crippen LogP contribution in [0.2, 0.25) is 5.02 Å². The highest BCUT2D eigenvalue weighted by Gasteiger charge is 2.25. The van der Waals surface area contributed by atoms with Crippen molar-refractivity contribution in [3.63, 3.8) is 0 Å². The number of likely N-dealkylation sites (tertiary alicyclic amines) is 1. The van der Waals surface area contributed by atoms with Gasteiger partial charge < -0.3 is 4.90 Å². The molecule has 0 N–H and O–H groups in total. The van der Waals surface area contributed by atoms with E-state index >= 15 is 0 Å². The highest BCUT2D eigenvalue weighted by atomic mass is 35.5. The molecule has 1 aliphatic heterocycles. The van der Waals surface area contributed by atoms with E-state index in [1.54, 1.807) is 12.1 Å². The van der Waals surface area contributed by atoms with Crippen LogP contribution in [0.4, 0.5) is 0 Å². The Kier molecular flexibility index (Phi) is 4.41. The average molecular weight is 266 g/mol. The van der Waals surface area contributed by atoms with E-state index in [1.165, 1.54) is 0 Å². The van der Waals surface area contributed by atoms with Gasteiger partial charge in [0.15, 0.2) is 5.78 Å². The summed E-state index contributed by atoms with van der Waals surface area (Å²) in [6, 6.07) is 7.21. The van der Waals surface area contributed by atoms with Crippen molar-refractivity contribution in [3.05, 3.63) is 34.9 Å². The predicted octanol–water partition coefficient (Wildman–Crippen LogP) is 3.50. The van der Waals surface area contributed by atoms with Crippen molar-refractivity contribution in [2.75, 3.05) is 19.6 Å². The van der Waals surface area contributed by atoms with E-state index in [0.29, 0.717) is 11.4 Å². The van der Waals surface area contributed by atoms with Gasteiger partial charge in [0.2, 0.25) is 0 Å². The van der Waals surface area contributed by atoms with Crippen molar-refractivity contribution in [2.45, 2.75) is 20.3 Å². The Morgan fingerprint density at radius 1 is 1.33 bits per heavy atom. The third kappa shape index (κ3) is 3.33. The van der Waals surface area contributed by atoms with Gasteiger partial charge in [-0.1, -0.05) is 37.6 Å². The van der Waals surface area contributed by atoms with Crippen molar-refractivity contribution in [1.29, 1.82) is 0 Å². The van der Waals surface area contributed by atoms with Gasteiger partial charge in [0.05, 0.1) is 0 Å². The molecule has 0 aliphatic carbocycles. The monoisotopic (exact) mass is 265 g/mol. The van der Waals surface area contributed by atoms with E-state index in [-0.39, 0.29) is 5.78 Å². The fourth-order valence-electron chi connectivity index (χ4n) is 2.50. The zero-order chi connectivity index (χ0) is 13.1. The Bertz CT molecular complexity index is 422. The third-order valence-corrected chi connectivity index (χ3v) is 4.10. The van der Waals surface area contributed by atoms with E-state index in [9.17, 15) is 4.79 Å². The Labute approximate surface area is 114 Å². The van der Waals surface area contributed by atoms with Crippen molar-refractivity contribution in [3.8, 4) is 0 Å². The van der Waals surface area contributed by atoms with Crippen molar-refractivity contribution < 1.29 is 4.79 Å². The van der Waals surface area contributed by atoms with Crippen molar-refractivity contribution in [1.82, 2.24) is 4.90 Å². The second-order valence-corrected chi connectivity index (χ2v) is 5.83. The van der Waals surface area contributed by atoms with Crippen LogP contribution in [-0.2, 0) is 0 Å². The predicted molar refractivity (Wildman–Crippen MR) is 75.2 cm³/mol. The van der Waals surface area contributed by atoms with E-state index in [2.05, 4.69) is 18.7 Å². The topological polar surface area (TPSA) is 20.3 Å². The van der Waals surface area contributed by atoms with Crippen molar-refractivity contribution >= 4 is 17.4 Å². The van der Waals surface area contributed by atoms with Crippen LogP contribution >= 0.6 is 11.6 Å². The normalized spacial score (nSPS) is 24.4. The maximum atomic E-state index is 12.0. The summed E-state index contributed by atoms with van der Waals surface area (Å²) in [6.45, 7) is 7.65. The number of carbonyl (C=O) groups excluding carboxylic acids is 1. The van der Waals surface area contributed by atoms with Crippen LogP contribution in [0, 0.1) is 11.8 Å². The lowest BCUT2D eigenvalue weighted by molar-refractivity contribution is 0.0968. The van der Waals surface area contributed by atoms with E-state index in [0.717, 1.165) is 37.0 Å². The molecule has 1 aliphatic rings. The van der Waals surface area contributed by atoms with Gasteiger partial charge in [0.1, 0.15) is 0 Å². The van der Waals surface area contributed by atoms with Gasteiger partial charge in [0, 0.05) is 36.6 Å². The van der Waals surface area contributed by atoms with Gasteiger partial charge in [-0.05, 0) is 24.0 Å². The number of hydrogen-bond donors (Lipinski definition) is 0. The first-order valence-corrected chi connectivity index (χ1v) is 6.95. The lowest BCUT2D eigenvalue weighted by Gasteiger charge is -2.14. The largest absolute Gasteiger partial charge is 0.302 e. The van der Waals surface area contributed by atoms with Gasteiger partial charge in [-0.15, -0.1) is 0 Å². The second kappa shape index (κ2) is 5.85. The first-order chi connectivity index (χ1) is 8.56. The van der Waals surface area contributed by atoms with Crippen LogP contribution in [0.1, 0.15) is 30.6 Å². The first kappa shape index (κ1) is 13.6. The van der Waals surface area contributed by atoms with E-state index < -0.39 is 0 Å². The van der Waals surface area contributed by atoms with Crippen LogP contribution in [0.3, 0.4) is 0 Å². The maximum absolute atomic E-state index is 12.0. The lowest BCUT2D eigenvalue weighted by atomic mass is 10.0. The number of halogens is 1. The fraction of sp³-hybridized carbons (Fsp3) is 0.533. The minimum Gasteiger partial charge on any atom is -0.302 e. The summed E-state index contributed by atoms with van der Waals surface area (Å²) in [5, 5.41) is 0.629. The molecule has 2 atom stereocenters. The van der Waals surface area contributed by atoms with E-state index in [4.69, 9.17) is 11.6 Å².